The van der Waals surface area contributed by atoms with Gasteiger partial charge in [0.1, 0.15) is 0 Å². The fraction of sp³-hybridized carbons (Fsp3) is 0.667. The van der Waals surface area contributed by atoms with E-state index in [2.05, 4.69) is 59.4 Å². The van der Waals surface area contributed by atoms with Crippen LogP contribution in [0.15, 0.2) is 28.7 Å². The average Bonchev–Trinajstić information content (AvgIpc) is 2.49. The predicted octanol–water partition coefficient (Wildman–Crippen LogP) is 4.81. The van der Waals surface area contributed by atoms with Gasteiger partial charge in [-0.2, -0.15) is 0 Å². The van der Waals surface area contributed by atoms with E-state index in [0.717, 1.165) is 39.1 Å². The van der Waals surface area contributed by atoms with E-state index in [1.807, 2.05) is 0 Å². The summed E-state index contributed by atoms with van der Waals surface area (Å²) in [6.07, 6.45) is 5.80. The highest BCUT2D eigenvalue weighted by molar-refractivity contribution is 9.10. The number of hydrogen-bond acceptors (Lipinski definition) is 2. The van der Waals surface area contributed by atoms with Crippen LogP contribution in [0.2, 0.25) is 0 Å². The Morgan fingerprint density at radius 2 is 1.95 bits per heavy atom. The summed E-state index contributed by atoms with van der Waals surface area (Å²) in [5.74, 6) is 0.636. The number of unbranched alkanes of at least 4 members (excludes halogenated alkanes) is 1. The summed E-state index contributed by atoms with van der Waals surface area (Å²) in [6, 6.07) is 8.54. The van der Waals surface area contributed by atoms with Crippen molar-refractivity contribution in [1.29, 1.82) is 0 Å². The molecular weight excluding hydrogens is 326 g/mol. The number of ether oxygens (including phenoxy) is 1. The minimum Gasteiger partial charge on any atom is -0.381 e. The minimum atomic E-state index is 0.636. The first-order valence-corrected chi connectivity index (χ1v) is 9.09. The molecule has 1 atom stereocenters. The van der Waals surface area contributed by atoms with Gasteiger partial charge in [0.15, 0.2) is 0 Å². The van der Waals surface area contributed by atoms with Gasteiger partial charge in [0.05, 0.1) is 0 Å². The van der Waals surface area contributed by atoms with Crippen LogP contribution in [-0.4, -0.2) is 26.3 Å². The zero-order chi connectivity index (χ0) is 15.3. The average molecular weight is 356 g/mol. The van der Waals surface area contributed by atoms with Crippen LogP contribution in [-0.2, 0) is 11.2 Å². The Hall–Kier alpha value is -0.380. The number of halogens is 1. The van der Waals surface area contributed by atoms with Crippen molar-refractivity contribution < 1.29 is 4.74 Å². The summed E-state index contributed by atoms with van der Waals surface area (Å²) in [4.78, 5) is 0. The smallest absolute Gasteiger partial charge is 0.0469 e. The molecule has 0 heterocycles. The summed E-state index contributed by atoms with van der Waals surface area (Å²) < 4.78 is 6.96. The summed E-state index contributed by atoms with van der Waals surface area (Å²) in [7, 11) is 0. The highest BCUT2D eigenvalue weighted by atomic mass is 79.9. The predicted molar refractivity (Wildman–Crippen MR) is 94.8 cm³/mol. The molecule has 0 aromatic heterocycles. The maximum atomic E-state index is 5.74. The van der Waals surface area contributed by atoms with Gasteiger partial charge in [-0.1, -0.05) is 54.4 Å². The van der Waals surface area contributed by atoms with Crippen molar-refractivity contribution in [2.45, 2.75) is 46.0 Å². The third-order valence-corrected chi connectivity index (χ3v) is 4.41. The first kappa shape index (κ1) is 18.7. The van der Waals surface area contributed by atoms with E-state index in [9.17, 15) is 0 Å². The molecule has 0 aliphatic rings. The molecule has 0 fully saturated rings. The SMILES string of the molecule is CCCCOCCC(CNCCC)Cc1ccccc1Br. The molecule has 0 saturated heterocycles. The maximum Gasteiger partial charge on any atom is 0.0469 e. The molecule has 1 aromatic carbocycles. The molecule has 0 radical (unpaired) electrons. The molecule has 0 spiro atoms. The van der Waals surface area contributed by atoms with Crippen LogP contribution in [0.4, 0.5) is 0 Å². The van der Waals surface area contributed by atoms with Crippen molar-refractivity contribution >= 4 is 15.9 Å². The first-order chi connectivity index (χ1) is 10.3. The Kier molecular flexibility index (Phi) is 10.8. The third kappa shape index (κ3) is 8.60. The molecular formula is C18H30BrNO. The fourth-order valence-corrected chi connectivity index (χ4v) is 2.78. The van der Waals surface area contributed by atoms with Crippen LogP contribution >= 0.6 is 15.9 Å². The summed E-state index contributed by atoms with van der Waals surface area (Å²) in [6.45, 7) is 8.37. The molecule has 0 aliphatic carbocycles. The van der Waals surface area contributed by atoms with Gasteiger partial charge in [0.25, 0.3) is 0 Å². The highest BCUT2D eigenvalue weighted by Gasteiger charge is 2.11. The van der Waals surface area contributed by atoms with Gasteiger partial charge < -0.3 is 10.1 Å². The van der Waals surface area contributed by atoms with Crippen LogP contribution in [0, 0.1) is 5.92 Å². The molecule has 0 bridgehead atoms. The van der Waals surface area contributed by atoms with Gasteiger partial charge in [-0.3, -0.25) is 0 Å². The van der Waals surface area contributed by atoms with E-state index in [-0.39, 0.29) is 0 Å². The van der Waals surface area contributed by atoms with Crippen molar-refractivity contribution in [3.05, 3.63) is 34.3 Å². The standard InChI is InChI=1S/C18H30BrNO/c1-3-5-12-21-13-10-16(15-20-11-4-2)14-17-8-6-7-9-18(17)19/h6-9,16,20H,3-5,10-15H2,1-2H3. The van der Waals surface area contributed by atoms with Crippen molar-refractivity contribution in [2.24, 2.45) is 5.92 Å². The summed E-state index contributed by atoms with van der Waals surface area (Å²) >= 11 is 3.66. The van der Waals surface area contributed by atoms with Crippen molar-refractivity contribution in [1.82, 2.24) is 5.32 Å². The van der Waals surface area contributed by atoms with Gasteiger partial charge in [-0.15, -0.1) is 0 Å². The van der Waals surface area contributed by atoms with E-state index < -0.39 is 0 Å². The molecule has 1 unspecified atom stereocenters. The third-order valence-electron chi connectivity index (χ3n) is 3.64. The van der Waals surface area contributed by atoms with E-state index in [4.69, 9.17) is 4.74 Å². The second kappa shape index (κ2) is 12.2. The molecule has 2 nitrogen and oxygen atoms in total. The zero-order valence-corrected chi connectivity index (χ0v) is 15.1. The Morgan fingerprint density at radius 3 is 2.67 bits per heavy atom. The van der Waals surface area contributed by atoms with Crippen LogP contribution in [0.5, 0.6) is 0 Å². The number of hydrogen-bond donors (Lipinski definition) is 1. The maximum absolute atomic E-state index is 5.74. The first-order valence-electron chi connectivity index (χ1n) is 8.29. The minimum absolute atomic E-state index is 0.636. The van der Waals surface area contributed by atoms with E-state index in [1.165, 1.54) is 29.3 Å². The van der Waals surface area contributed by atoms with E-state index in [1.54, 1.807) is 0 Å². The number of nitrogens with one attached hydrogen (secondary N) is 1. The molecule has 3 heteroatoms. The van der Waals surface area contributed by atoms with Crippen LogP contribution < -0.4 is 5.32 Å². The highest BCUT2D eigenvalue weighted by Crippen LogP contribution is 2.21. The number of benzene rings is 1. The molecule has 120 valence electrons. The van der Waals surface area contributed by atoms with Crippen molar-refractivity contribution in [3.63, 3.8) is 0 Å². The quantitative estimate of drug-likeness (QED) is 0.543. The Morgan fingerprint density at radius 1 is 1.14 bits per heavy atom. The summed E-state index contributed by atoms with van der Waals surface area (Å²) in [5.41, 5.74) is 1.40. The Labute approximate surface area is 138 Å². The van der Waals surface area contributed by atoms with Crippen molar-refractivity contribution in [3.8, 4) is 0 Å². The van der Waals surface area contributed by atoms with E-state index >= 15 is 0 Å². The molecule has 1 rings (SSSR count). The van der Waals surface area contributed by atoms with Crippen LogP contribution in [0.3, 0.4) is 0 Å². The Bertz CT molecular complexity index is 370. The fourth-order valence-electron chi connectivity index (χ4n) is 2.33. The monoisotopic (exact) mass is 355 g/mol. The molecule has 0 saturated carbocycles. The van der Waals surface area contributed by atoms with Gasteiger partial charge in [0.2, 0.25) is 0 Å². The lowest BCUT2D eigenvalue weighted by molar-refractivity contribution is 0.117. The largest absolute Gasteiger partial charge is 0.381 e. The lowest BCUT2D eigenvalue weighted by atomic mass is 9.96. The topological polar surface area (TPSA) is 21.3 Å². The van der Waals surface area contributed by atoms with Crippen LogP contribution in [0.1, 0.15) is 45.1 Å². The van der Waals surface area contributed by atoms with Crippen molar-refractivity contribution in [2.75, 3.05) is 26.3 Å². The molecule has 21 heavy (non-hydrogen) atoms. The van der Waals surface area contributed by atoms with E-state index in [0.29, 0.717) is 5.92 Å². The van der Waals surface area contributed by atoms with Gasteiger partial charge in [-0.25, -0.2) is 0 Å². The van der Waals surface area contributed by atoms with Gasteiger partial charge in [-0.05, 0) is 56.3 Å². The van der Waals surface area contributed by atoms with Gasteiger partial charge in [0, 0.05) is 17.7 Å². The number of rotatable bonds is 12. The van der Waals surface area contributed by atoms with Crippen LogP contribution in [0.25, 0.3) is 0 Å². The Balaban J connectivity index is 2.41. The second-order valence-corrected chi connectivity index (χ2v) is 6.47. The molecule has 1 N–H and O–H groups in total. The zero-order valence-electron chi connectivity index (χ0n) is 13.5. The summed E-state index contributed by atoms with van der Waals surface area (Å²) in [5, 5.41) is 3.56. The molecule has 0 aliphatic heterocycles. The lowest BCUT2D eigenvalue weighted by Gasteiger charge is -2.18. The second-order valence-electron chi connectivity index (χ2n) is 5.62. The molecule has 1 aromatic rings. The van der Waals surface area contributed by atoms with Gasteiger partial charge >= 0.3 is 0 Å². The molecule has 0 amide bonds. The normalized spacial score (nSPS) is 12.5. The lowest BCUT2D eigenvalue weighted by Crippen LogP contribution is -2.26.